The molecule has 3 aromatic rings. The quantitative estimate of drug-likeness (QED) is 0.276. The van der Waals surface area contributed by atoms with E-state index in [2.05, 4.69) is 4.72 Å². The number of carbonyl (C=O) groups excluding carboxylic acids is 2. The standard InChI is InChI=1S/C25H24ClNO9S/c1-32-16-8-9-22(33-2)18(11-16)21(28)14-36-25(29)15-6-5-7-17(10-15)37(30,31)27-20-12-19(26)23(34-3)13-24(20)35-4/h5-13,27H,14H2,1-4H3. The van der Waals surface area contributed by atoms with E-state index in [1.54, 1.807) is 12.1 Å². The van der Waals surface area contributed by atoms with Crippen molar-refractivity contribution in [3.63, 3.8) is 0 Å². The lowest BCUT2D eigenvalue weighted by Gasteiger charge is -2.14. The van der Waals surface area contributed by atoms with Crippen LogP contribution in [-0.4, -0.2) is 55.2 Å². The summed E-state index contributed by atoms with van der Waals surface area (Å²) in [6.07, 6.45) is 0. The summed E-state index contributed by atoms with van der Waals surface area (Å²) in [4.78, 5) is 25.0. The highest BCUT2D eigenvalue weighted by molar-refractivity contribution is 7.92. The summed E-state index contributed by atoms with van der Waals surface area (Å²) in [5, 5.41) is 0.163. The Bertz CT molecular complexity index is 1420. The number of sulfonamides is 1. The first-order chi connectivity index (χ1) is 17.6. The van der Waals surface area contributed by atoms with Crippen molar-refractivity contribution in [2.24, 2.45) is 0 Å². The molecule has 3 rings (SSSR count). The molecule has 0 heterocycles. The summed E-state index contributed by atoms with van der Waals surface area (Å²) in [5.41, 5.74) is 0.161. The largest absolute Gasteiger partial charge is 0.497 e. The smallest absolute Gasteiger partial charge is 0.338 e. The van der Waals surface area contributed by atoms with E-state index in [-0.39, 0.29) is 38.2 Å². The van der Waals surface area contributed by atoms with Crippen LogP contribution in [0.3, 0.4) is 0 Å². The Labute approximate surface area is 219 Å². The SMILES string of the molecule is COc1ccc(OC)c(C(=O)COC(=O)c2cccc(S(=O)(=O)Nc3cc(Cl)c(OC)cc3OC)c2)c1. The van der Waals surface area contributed by atoms with Crippen LogP contribution in [0.5, 0.6) is 23.0 Å². The van der Waals surface area contributed by atoms with Crippen LogP contribution < -0.4 is 23.7 Å². The van der Waals surface area contributed by atoms with E-state index in [9.17, 15) is 18.0 Å². The van der Waals surface area contributed by atoms with Gasteiger partial charge in [-0.25, -0.2) is 13.2 Å². The third-order valence-electron chi connectivity index (χ3n) is 5.14. The monoisotopic (exact) mass is 549 g/mol. The maximum absolute atomic E-state index is 13.0. The van der Waals surface area contributed by atoms with Crippen LogP contribution in [0.25, 0.3) is 0 Å². The van der Waals surface area contributed by atoms with Gasteiger partial charge in [0.05, 0.1) is 55.2 Å². The van der Waals surface area contributed by atoms with E-state index in [1.165, 1.54) is 64.8 Å². The van der Waals surface area contributed by atoms with Gasteiger partial charge in [0.1, 0.15) is 23.0 Å². The number of hydrogen-bond acceptors (Lipinski definition) is 9. The van der Waals surface area contributed by atoms with E-state index in [0.717, 1.165) is 6.07 Å². The van der Waals surface area contributed by atoms with Crippen molar-refractivity contribution >= 4 is 39.1 Å². The fourth-order valence-electron chi connectivity index (χ4n) is 3.26. The zero-order valence-corrected chi connectivity index (χ0v) is 21.9. The highest BCUT2D eigenvalue weighted by Crippen LogP contribution is 2.37. The highest BCUT2D eigenvalue weighted by atomic mass is 35.5. The summed E-state index contributed by atoms with van der Waals surface area (Å²) in [5.74, 6) is -0.236. The molecule has 0 amide bonds. The third kappa shape index (κ3) is 6.43. The number of ether oxygens (including phenoxy) is 5. The summed E-state index contributed by atoms with van der Waals surface area (Å²) >= 11 is 6.12. The number of halogens is 1. The molecule has 0 aromatic heterocycles. The van der Waals surface area contributed by atoms with Gasteiger partial charge in [0.15, 0.2) is 6.61 Å². The van der Waals surface area contributed by atoms with Crippen LogP contribution in [0.15, 0.2) is 59.5 Å². The number of carbonyl (C=O) groups is 2. The Kier molecular flexibility index (Phi) is 8.85. The van der Waals surface area contributed by atoms with E-state index in [4.69, 9.17) is 35.3 Å². The van der Waals surface area contributed by atoms with E-state index in [0.29, 0.717) is 11.5 Å². The number of Topliss-reactive ketones (excluding diaryl/α,β-unsaturated/α-hetero) is 1. The van der Waals surface area contributed by atoms with Crippen molar-refractivity contribution in [3.8, 4) is 23.0 Å². The lowest BCUT2D eigenvalue weighted by atomic mass is 10.1. The normalized spacial score (nSPS) is 10.8. The Morgan fingerprint density at radius 2 is 1.54 bits per heavy atom. The topological polar surface area (TPSA) is 126 Å². The molecule has 0 fully saturated rings. The number of benzene rings is 3. The van der Waals surface area contributed by atoms with Crippen LogP contribution in [-0.2, 0) is 14.8 Å². The number of anilines is 1. The average molecular weight is 550 g/mol. The van der Waals surface area contributed by atoms with Crippen LogP contribution in [0.1, 0.15) is 20.7 Å². The minimum Gasteiger partial charge on any atom is -0.497 e. The predicted octanol–water partition coefficient (Wildman–Crippen LogP) is 4.21. The van der Waals surface area contributed by atoms with Crippen LogP contribution in [0, 0.1) is 0 Å². The Morgan fingerprint density at radius 3 is 2.19 bits per heavy atom. The number of hydrogen-bond donors (Lipinski definition) is 1. The van der Waals surface area contributed by atoms with Crippen molar-refractivity contribution < 1.29 is 41.7 Å². The molecule has 196 valence electrons. The molecule has 0 aliphatic rings. The number of esters is 1. The molecule has 0 atom stereocenters. The molecule has 10 nitrogen and oxygen atoms in total. The van der Waals surface area contributed by atoms with Crippen molar-refractivity contribution in [2.45, 2.75) is 4.90 Å². The molecule has 0 aliphatic heterocycles. The van der Waals surface area contributed by atoms with Gasteiger partial charge < -0.3 is 23.7 Å². The third-order valence-corrected chi connectivity index (χ3v) is 6.80. The number of methoxy groups -OCH3 is 4. The first kappa shape index (κ1) is 27.6. The zero-order valence-electron chi connectivity index (χ0n) is 20.4. The molecule has 3 aromatic carbocycles. The highest BCUT2D eigenvalue weighted by Gasteiger charge is 2.21. The van der Waals surface area contributed by atoms with E-state index >= 15 is 0 Å². The van der Waals surface area contributed by atoms with Gasteiger partial charge in [0, 0.05) is 6.07 Å². The Balaban J connectivity index is 1.78. The first-order valence-electron chi connectivity index (χ1n) is 10.6. The van der Waals surface area contributed by atoms with Gasteiger partial charge in [0.25, 0.3) is 10.0 Å². The second-order valence-corrected chi connectivity index (χ2v) is 9.48. The van der Waals surface area contributed by atoms with Crippen LogP contribution in [0.2, 0.25) is 5.02 Å². The number of ketones is 1. The Hall–Kier alpha value is -3.96. The number of nitrogens with one attached hydrogen (secondary N) is 1. The summed E-state index contributed by atoms with van der Waals surface area (Å²) in [6.45, 7) is -0.598. The van der Waals surface area contributed by atoms with Crippen molar-refractivity contribution in [2.75, 3.05) is 39.8 Å². The van der Waals surface area contributed by atoms with Gasteiger partial charge in [0.2, 0.25) is 5.78 Å². The number of rotatable bonds is 11. The summed E-state index contributed by atoms with van der Waals surface area (Å²) in [6, 6.07) is 12.6. The van der Waals surface area contributed by atoms with Crippen molar-refractivity contribution in [1.29, 1.82) is 0 Å². The lowest BCUT2D eigenvalue weighted by molar-refractivity contribution is 0.0473. The van der Waals surface area contributed by atoms with Gasteiger partial charge in [-0.3, -0.25) is 9.52 Å². The molecule has 0 saturated heterocycles. The van der Waals surface area contributed by atoms with Crippen molar-refractivity contribution in [1.82, 2.24) is 0 Å². The van der Waals surface area contributed by atoms with E-state index < -0.39 is 28.4 Å². The second-order valence-electron chi connectivity index (χ2n) is 7.39. The minimum atomic E-state index is -4.16. The molecular weight excluding hydrogens is 526 g/mol. The summed E-state index contributed by atoms with van der Waals surface area (Å²) < 4.78 is 54.2. The van der Waals surface area contributed by atoms with Gasteiger partial charge in [-0.2, -0.15) is 0 Å². The molecule has 0 bridgehead atoms. The predicted molar refractivity (Wildman–Crippen MR) is 136 cm³/mol. The lowest BCUT2D eigenvalue weighted by Crippen LogP contribution is -2.17. The molecule has 0 saturated carbocycles. The molecule has 0 radical (unpaired) electrons. The molecule has 1 N–H and O–H groups in total. The minimum absolute atomic E-state index is 0.0686. The van der Waals surface area contributed by atoms with Gasteiger partial charge in [-0.1, -0.05) is 17.7 Å². The molecule has 0 unspecified atom stereocenters. The van der Waals surface area contributed by atoms with Gasteiger partial charge in [-0.15, -0.1) is 0 Å². The fourth-order valence-corrected chi connectivity index (χ4v) is 4.61. The maximum Gasteiger partial charge on any atom is 0.338 e. The molecular formula is C25H24ClNO9S. The maximum atomic E-state index is 13.0. The Morgan fingerprint density at radius 1 is 0.838 bits per heavy atom. The van der Waals surface area contributed by atoms with Gasteiger partial charge >= 0.3 is 5.97 Å². The van der Waals surface area contributed by atoms with Crippen LogP contribution >= 0.6 is 11.6 Å². The van der Waals surface area contributed by atoms with Crippen molar-refractivity contribution in [3.05, 3.63) is 70.7 Å². The first-order valence-corrected chi connectivity index (χ1v) is 12.5. The molecule has 0 aliphatic carbocycles. The van der Waals surface area contributed by atoms with Gasteiger partial charge in [-0.05, 0) is 42.5 Å². The second kappa shape index (κ2) is 11.8. The fraction of sp³-hybridized carbons (Fsp3) is 0.200. The average Bonchev–Trinajstić information content (AvgIpc) is 2.91. The zero-order chi connectivity index (χ0) is 27.2. The van der Waals surface area contributed by atoms with Crippen LogP contribution in [0.4, 0.5) is 5.69 Å². The molecule has 37 heavy (non-hydrogen) atoms. The van der Waals surface area contributed by atoms with E-state index in [1.807, 2.05) is 0 Å². The molecule has 0 spiro atoms. The summed E-state index contributed by atoms with van der Waals surface area (Å²) in [7, 11) is 1.46. The molecule has 12 heteroatoms.